The summed E-state index contributed by atoms with van der Waals surface area (Å²) in [6.07, 6.45) is 2.90. The molecule has 3 atom stereocenters. The van der Waals surface area contributed by atoms with Crippen LogP contribution >= 0.6 is 0 Å². The second kappa shape index (κ2) is 5.08. The fraction of sp³-hybridized carbons (Fsp3) is 0.750. The number of allylic oxidation sites excluding steroid dienone is 1. The molecule has 104 valence electrons. The average Bonchev–Trinajstić information content (AvgIpc) is 2.79. The molecule has 1 N–H and O–H groups in total. The molecule has 1 heterocycles. The molecule has 0 spiro atoms. The van der Waals surface area contributed by atoms with Gasteiger partial charge in [-0.1, -0.05) is 27.0 Å². The molecular formula is C16H30N2. The van der Waals surface area contributed by atoms with Crippen molar-refractivity contribution < 1.29 is 0 Å². The second-order valence-corrected chi connectivity index (χ2v) is 6.74. The minimum Gasteiger partial charge on any atom is -0.381 e. The minimum atomic E-state index is 0.0749. The smallest absolute Gasteiger partial charge is 0.0360 e. The van der Waals surface area contributed by atoms with Crippen LogP contribution in [0.4, 0.5) is 0 Å². The largest absolute Gasteiger partial charge is 0.381 e. The van der Waals surface area contributed by atoms with E-state index in [9.17, 15) is 0 Å². The van der Waals surface area contributed by atoms with Crippen molar-refractivity contribution in [2.75, 3.05) is 6.54 Å². The van der Waals surface area contributed by atoms with Crippen molar-refractivity contribution in [1.29, 1.82) is 0 Å². The molecule has 1 rings (SSSR count). The molecule has 0 radical (unpaired) electrons. The van der Waals surface area contributed by atoms with Gasteiger partial charge in [0.15, 0.2) is 0 Å². The fourth-order valence-corrected chi connectivity index (χ4v) is 2.85. The first-order valence-electron chi connectivity index (χ1n) is 7.01. The maximum absolute atomic E-state index is 3.93. The highest BCUT2D eigenvalue weighted by Crippen LogP contribution is 2.46. The molecule has 2 nitrogen and oxygen atoms in total. The summed E-state index contributed by atoms with van der Waals surface area (Å²) < 4.78 is 0. The lowest BCUT2D eigenvalue weighted by Crippen LogP contribution is -2.40. The third kappa shape index (κ3) is 2.97. The zero-order valence-electron chi connectivity index (χ0n) is 13.0. The summed E-state index contributed by atoms with van der Waals surface area (Å²) in [5.41, 5.74) is 1.38. The Kier molecular flexibility index (Phi) is 4.32. The first-order chi connectivity index (χ1) is 8.15. The molecule has 18 heavy (non-hydrogen) atoms. The van der Waals surface area contributed by atoms with Crippen LogP contribution in [-0.2, 0) is 0 Å². The van der Waals surface area contributed by atoms with Gasteiger partial charge in [-0.2, -0.15) is 0 Å². The monoisotopic (exact) mass is 250 g/mol. The van der Waals surface area contributed by atoms with E-state index in [4.69, 9.17) is 0 Å². The first-order valence-corrected chi connectivity index (χ1v) is 7.01. The molecule has 1 aliphatic rings. The van der Waals surface area contributed by atoms with E-state index in [-0.39, 0.29) is 5.54 Å². The molecule has 0 saturated carbocycles. The van der Waals surface area contributed by atoms with Crippen molar-refractivity contribution in [1.82, 2.24) is 10.2 Å². The lowest BCUT2D eigenvalue weighted by molar-refractivity contribution is 0.299. The van der Waals surface area contributed by atoms with Gasteiger partial charge in [-0.3, -0.25) is 4.90 Å². The van der Waals surface area contributed by atoms with Gasteiger partial charge in [0.2, 0.25) is 0 Å². The summed E-state index contributed by atoms with van der Waals surface area (Å²) in [6, 6.07) is 0.705. The van der Waals surface area contributed by atoms with Crippen LogP contribution in [0, 0.1) is 5.92 Å². The molecule has 0 bridgehead atoms. The van der Waals surface area contributed by atoms with Crippen molar-refractivity contribution in [3.63, 3.8) is 0 Å². The van der Waals surface area contributed by atoms with E-state index in [1.807, 2.05) is 0 Å². The molecular weight excluding hydrogens is 220 g/mol. The Morgan fingerprint density at radius 1 is 1.50 bits per heavy atom. The average molecular weight is 250 g/mol. The van der Waals surface area contributed by atoms with Gasteiger partial charge in [0.05, 0.1) is 0 Å². The molecule has 0 aromatic rings. The van der Waals surface area contributed by atoms with E-state index in [0.29, 0.717) is 17.5 Å². The van der Waals surface area contributed by atoms with E-state index in [1.54, 1.807) is 6.08 Å². The van der Waals surface area contributed by atoms with Crippen LogP contribution in [0.5, 0.6) is 0 Å². The number of hydrogen-bond acceptors (Lipinski definition) is 2. The van der Waals surface area contributed by atoms with Gasteiger partial charge in [0, 0.05) is 29.4 Å². The SMILES string of the molecule is C=CC(=C)NC(C)(C)CCN1C(C)C1(C)C(C)C. The molecule has 2 heteroatoms. The number of nitrogens with zero attached hydrogens (tertiary/aromatic N) is 1. The number of rotatable bonds is 7. The summed E-state index contributed by atoms with van der Waals surface area (Å²) >= 11 is 0. The Labute approximate surface area is 113 Å². The fourth-order valence-electron chi connectivity index (χ4n) is 2.85. The number of hydrogen-bond donors (Lipinski definition) is 1. The van der Waals surface area contributed by atoms with Gasteiger partial charge >= 0.3 is 0 Å². The third-order valence-corrected chi connectivity index (χ3v) is 4.76. The summed E-state index contributed by atoms with van der Waals surface area (Å²) in [5, 5.41) is 3.42. The van der Waals surface area contributed by atoms with Crippen LogP contribution in [0.2, 0.25) is 0 Å². The van der Waals surface area contributed by atoms with Crippen molar-refractivity contribution in [2.45, 2.75) is 65.1 Å². The van der Waals surface area contributed by atoms with Gasteiger partial charge < -0.3 is 5.32 Å². The predicted octanol–water partition coefficient (Wildman–Crippen LogP) is 3.56. The zero-order valence-corrected chi connectivity index (χ0v) is 13.0. The third-order valence-electron chi connectivity index (χ3n) is 4.76. The van der Waals surface area contributed by atoms with Gasteiger partial charge in [-0.15, -0.1) is 0 Å². The predicted molar refractivity (Wildman–Crippen MR) is 80.6 cm³/mol. The van der Waals surface area contributed by atoms with E-state index in [1.165, 1.54) is 0 Å². The molecule has 1 saturated heterocycles. The van der Waals surface area contributed by atoms with E-state index >= 15 is 0 Å². The maximum Gasteiger partial charge on any atom is 0.0360 e. The molecule has 0 aromatic carbocycles. The van der Waals surface area contributed by atoms with Crippen molar-refractivity contribution >= 4 is 0 Å². The molecule has 1 aliphatic heterocycles. The Morgan fingerprint density at radius 3 is 2.44 bits per heavy atom. The van der Waals surface area contributed by atoms with Crippen LogP contribution in [0.1, 0.15) is 48.0 Å². The van der Waals surface area contributed by atoms with Gasteiger partial charge in [-0.05, 0) is 46.1 Å². The van der Waals surface area contributed by atoms with Crippen LogP contribution < -0.4 is 5.32 Å². The van der Waals surface area contributed by atoms with Crippen LogP contribution in [0.15, 0.2) is 24.9 Å². The highest BCUT2D eigenvalue weighted by molar-refractivity contribution is 5.15. The number of nitrogens with one attached hydrogen (secondary N) is 1. The topological polar surface area (TPSA) is 15.0 Å². The highest BCUT2D eigenvalue weighted by Gasteiger charge is 2.57. The molecule has 0 aliphatic carbocycles. The summed E-state index contributed by atoms with van der Waals surface area (Å²) in [5.74, 6) is 0.715. The van der Waals surface area contributed by atoms with Gasteiger partial charge in [0.1, 0.15) is 0 Å². The molecule has 3 unspecified atom stereocenters. The normalized spacial score (nSPS) is 31.3. The maximum atomic E-state index is 3.93. The van der Waals surface area contributed by atoms with Gasteiger partial charge in [-0.25, -0.2) is 0 Å². The molecule has 0 amide bonds. The van der Waals surface area contributed by atoms with Crippen LogP contribution in [-0.4, -0.2) is 28.6 Å². The Balaban J connectivity index is 2.47. The Bertz CT molecular complexity index is 330. The first kappa shape index (κ1) is 15.3. The Hall–Kier alpha value is -0.760. The molecule has 0 aromatic heterocycles. The lowest BCUT2D eigenvalue weighted by atomic mass is 9.94. The standard InChI is InChI=1S/C16H30N2/c1-9-13(4)17-15(6,7)10-11-18-14(5)16(18,8)12(2)3/h9,12,14,17H,1,4,10-11H2,2-3,5-8H3. The zero-order chi connectivity index (χ0) is 14.1. The lowest BCUT2D eigenvalue weighted by Gasteiger charge is -2.29. The summed E-state index contributed by atoms with van der Waals surface area (Å²) in [6.45, 7) is 22.6. The second-order valence-electron chi connectivity index (χ2n) is 6.74. The van der Waals surface area contributed by atoms with Crippen LogP contribution in [0.25, 0.3) is 0 Å². The van der Waals surface area contributed by atoms with Gasteiger partial charge in [0.25, 0.3) is 0 Å². The van der Waals surface area contributed by atoms with Crippen molar-refractivity contribution in [3.05, 3.63) is 24.9 Å². The quantitative estimate of drug-likeness (QED) is 0.549. The minimum absolute atomic E-state index is 0.0749. The van der Waals surface area contributed by atoms with E-state index < -0.39 is 0 Å². The van der Waals surface area contributed by atoms with Crippen LogP contribution in [0.3, 0.4) is 0 Å². The highest BCUT2D eigenvalue weighted by atomic mass is 15.4. The molecule has 1 fully saturated rings. The van der Waals surface area contributed by atoms with E-state index in [2.05, 4.69) is 64.9 Å². The van der Waals surface area contributed by atoms with Crippen molar-refractivity contribution in [3.8, 4) is 0 Å². The summed E-state index contributed by atoms with van der Waals surface area (Å²) in [7, 11) is 0. The Morgan fingerprint density at radius 2 is 2.06 bits per heavy atom. The van der Waals surface area contributed by atoms with Crippen molar-refractivity contribution in [2.24, 2.45) is 5.92 Å². The summed E-state index contributed by atoms with van der Waals surface area (Å²) in [4.78, 5) is 2.61. The van der Waals surface area contributed by atoms with E-state index in [0.717, 1.165) is 18.7 Å².